The van der Waals surface area contributed by atoms with E-state index in [4.69, 9.17) is 26.3 Å². The van der Waals surface area contributed by atoms with Crippen LogP contribution in [0.5, 0.6) is 0 Å². The minimum Gasteiger partial charge on any atom is -0.478 e. The molecule has 1 heterocycles. The Morgan fingerprint density at radius 2 is 2.11 bits per heavy atom. The molecule has 0 radical (unpaired) electrons. The number of rotatable bonds is 3. The van der Waals surface area contributed by atoms with E-state index in [1.54, 1.807) is 18.2 Å². The standard InChI is InChI=1S/C12H8ClNO4/c13-10-5-7(1-3-9(10)12(15)16)11-4-2-8(18-11)6-14-17/h1-6,17H,(H,15,16). The minimum atomic E-state index is -1.08. The summed E-state index contributed by atoms with van der Waals surface area (Å²) in [5.74, 6) is -0.200. The summed E-state index contributed by atoms with van der Waals surface area (Å²) >= 11 is 5.85. The van der Waals surface area contributed by atoms with Crippen LogP contribution in [0.25, 0.3) is 11.3 Å². The highest BCUT2D eigenvalue weighted by molar-refractivity contribution is 6.33. The van der Waals surface area contributed by atoms with Gasteiger partial charge >= 0.3 is 5.97 Å². The second-order valence-electron chi connectivity index (χ2n) is 3.45. The van der Waals surface area contributed by atoms with E-state index in [1.807, 2.05) is 0 Å². The molecule has 0 saturated heterocycles. The normalized spacial score (nSPS) is 10.9. The van der Waals surface area contributed by atoms with Crippen molar-refractivity contribution in [2.24, 2.45) is 5.16 Å². The zero-order chi connectivity index (χ0) is 13.1. The van der Waals surface area contributed by atoms with Gasteiger partial charge in [0.05, 0.1) is 10.6 Å². The highest BCUT2D eigenvalue weighted by atomic mass is 35.5. The van der Waals surface area contributed by atoms with Crippen LogP contribution in [0.2, 0.25) is 5.02 Å². The average Bonchev–Trinajstić information content (AvgIpc) is 2.77. The molecule has 0 aliphatic rings. The van der Waals surface area contributed by atoms with Crippen molar-refractivity contribution in [3.8, 4) is 11.3 Å². The number of aromatic carboxylic acids is 1. The molecule has 92 valence electrons. The van der Waals surface area contributed by atoms with Gasteiger partial charge in [0.25, 0.3) is 0 Å². The van der Waals surface area contributed by atoms with E-state index in [0.717, 1.165) is 6.21 Å². The molecule has 18 heavy (non-hydrogen) atoms. The van der Waals surface area contributed by atoms with Crippen LogP contribution in [0.1, 0.15) is 16.1 Å². The summed E-state index contributed by atoms with van der Waals surface area (Å²) in [6, 6.07) is 7.79. The van der Waals surface area contributed by atoms with Crippen molar-refractivity contribution in [2.45, 2.75) is 0 Å². The fourth-order valence-electron chi connectivity index (χ4n) is 1.48. The number of hydrogen-bond donors (Lipinski definition) is 2. The molecular formula is C12H8ClNO4. The molecule has 0 spiro atoms. The minimum absolute atomic E-state index is 0.0316. The summed E-state index contributed by atoms with van der Waals surface area (Å²) < 4.78 is 5.35. The van der Waals surface area contributed by atoms with Crippen LogP contribution in [0.15, 0.2) is 39.9 Å². The number of halogens is 1. The van der Waals surface area contributed by atoms with Crippen molar-refractivity contribution in [1.29, 1.82) is 0 Å². The number of oxime groups is 1. The molecule has 0 unspecified atom stereocenters. The fraction of sp³-hybridized carbons (Fsp3) is 0. The Balaban J connectivity index is 2.39. The number of carboxylic acid groups (broad SMARTS) is 1. The van der Waals surface area contributed by atoms with E-state index < -0.39 is 5.97 Å². The van der Waals surface area contributed by atoms with Gasteiger partial charge in [0, 0.05) is 5.56 Å². The van der Waals surface area contributed by atoms with Crippen molar-refractivity contribution < 1.29 is 19.5 Å². The van der Waals surface area contributed by atoms with Crippen LogP contribution in [-0.4, -0.2) is 22.5 Å². The number of benzene rings is 1. The Morgan fingerprint density at radius 3 is 2.72 bits per heavy atom. The lowest BCUT2D eigenvalue weighted by molar-refractivity contribution is 0.0697. The molecule has 0 saturated carbocycles. The summed E-state index contributed by atoms with van der Waals surface area (Å²) in [7, 11) is 0. The van der Waals surface area contributed by atoms with Crippen LogP contribution in [0, 0.1) is 0 Å². The largest absolute Gasteiger partial charge is 0.478 e. The second-order valence-corrected chi connectivity index (χ2v) is 3.85. The maximum Gasteiger partial charge on any atom is 0.337 e. The van der Waals surface area contributed by atoms with E-state index >= 15 is 0 Å². The van der Waals surface area contributed by atoms with Crippen LogP contribution in [0.3, 0.4) is 0 Å². The van der Waals surface area contributed by atoms with Gasteiger partial charge in [-0.25, -0.2) is 4.79 Å². The van der Waals surface area contributed by atoms with Crippen molar-refractivity contribution in [3.63, 3.8) is 0 Å². The van der Waals surface area contributed by atoms with E-state index in [2.05, 4.69) is 5.16 Å². The average molecular weight is 266 g/mol. The second kappa shape index (κ2) is 4.93. The first-order valence-corrected chi connectivity index (χ1v) is 5.30. The number of furan rings is 1. The Hall–Kier alpha value is -2.27. The molecule has 0 amide bonds. The number of hydrogen-bond acceptors (Lipinski definition) is 4. The maximum atomic E-state index is 10.8. The molecular weight excluding hydrogens is 258 g/mol. The topological polar surface area (TPSA) is 83.0 Å². The Labute approximate surface area is 107 Å². The van der Waals surface area contributed by atoms with Crippen molar-refractivity contribution in [1.82, 2.24) is 0 Å². The van der Waals surface area contributed by atoms with Gasteiger partial charge in [-0.3, -0.25) is 0 Å². The zero-order valence-electron chi connectivity index (χ0n) is 9.00. The summed E-state index contributed by atoms with van der Waals surface area (Å²) in [6.45, 7) is 0. The first-order chi connectivity index (χ1) is 8.61. The molecule has 0 aliphatic heterocycles. The molecule has 0 bridgehead atoms. The van der Waals surface area contributed by atoms with Crippen LogP contribution in [-0.2, 0) is 0 Å². The lowest BCUT2D eigenvalue weighted by Gasteiger charge is -2.01. The summed E-state index contributed by atoms with van der Waals surface area (Å²) in [4.78, 5) is 10.8. The fourth-order valence-corrected chi connectivity index (χ4v) is 1.74. The third kappa shape index (κ3) is 2.36. The van der Waals surface area contributed by atoms with E-state index in [9.17, 15) is 4.79 Å². The van der Waals surface area contributed by atoms with E-state index in [-0.39, 0.29) is 10.6 Å². The highest BCUT2D eigenvalue weighted by Crippen LogP contribution is 2.27. The molecule has 2 aromatic rings. The first-order valence-electron chi connectivity index (χ1n) is 4.92. The number of carboxylic acids is 1. The van der Waals surface area contributed by atoms with Gasteiger partial charge in [0.2, 0.25) is 0 Å². The monoisotopic (exact) mass is 265 g/mol. The summed E-state index contributed by atoms with van der Waals surface area (Å²) in [5.41, 5.74) is 0.673. The predicted molar refractivity (Wildman–Crippen MR) is 65.5 cm³/mol. The third-order valence-corrected chi connectivity index (χ3v) is 2.61. The van der Waals surface area contributed by atoms with Crippen LogP contribution < -0.4 is 0 Å². The van der Waals surface area contributed by atoms with Crippen molar-refractivity contribution in [2.75, 3.05) is 0 Å². The molecule has 2 N–H and O–H groups in total. The molecule has 0 fully saturated rings. The molecule has 1 aromatic heterocycles. The summed E-state index contributed by atoms with van der Waals surface area (Å²) in [6.07, 6.45) is 1.15. The quantitative estimate of drug-likeness (QED) is 0.507. The lowest BCUT2D eigenvalue weighted by atomic mass is 10.1. The van der Waals surface area contributed by atoms with Crippen molar-refractivity contribution in [3.05, 3.63) is 46.7 Å². The van der Waals surface area contributed by atoms with E-state index in [0.29, 0.717) is 17.1 Å². The smallest absolute Gasteiger partial charge is 0.337 e. The Morgan fingerprint density at radius 1 is 1.33 bits per heavy atom. The molecule has 5 nitrogen and oxygen atoms in total. The van der Waals surface area contributed by atoms with Gasteiger partial charge in [0.1, 0.15) is 17.7 Å². The Bertz CT molecular complexity index is 618. The van der Waals surface area contributed by atoms with E-state index in [1.165, 1.54) is 12.1 Å². The van der Waals surface area contributed by atoms with Gasteiger partial charge < -0.3 is 14.7 Å². The van der Waals surface area contributed by atoms with Crippen LogP contribution in [0.4, 0.5) is 0 Å². The molecule has 6 heteroatoms. The molecule has 1 aromatic carbocycles. The molecule has 2 rings (SSSR count). The van der Waals surface area contributed by atoms with Gasteiger partial charge in [-0.2, -0.15) is 0 Å². The highest BCUT2D eigenvalue weighted by Gasteiger charge is 2.11. The number of nitrogens with zero attached hydrogens (tertiary/aromatic N) is 1. The van der Waals surface area contributed by atoms with Gasteiger partial charge in [-0.1, -0.05) is 22.8 Å². The SMILES string of the molecule is O=C(O)c1ccc(-c2ccc(C=NO)o2)cc1Cl. The maximum absolute atomic E-state index is 10.8. The lowest BCUT2D eigenvalue weighted by Crippen LogP contribution is -1.96. The van der Waals surface area contributed by atoms with Gasteiger partial charge in [-0.15, -0.1) is 0 Å². The van der Waals surface area contributed by atoms with Gasteiger partial charge in [0.15, 0.2) is 0 Å². The molecule has 0 atom stereocenters. The third-order valence-electron chi connectivity index (χ3n) is 2.30. The Kier molecular flexibility index (Phi) is 3.34. The zero-order valence-corrected chi connectivity index (χ0v) is 9.76. The predicted octanol–water partition coefficient (Wildman–Crippen LogP) is 3.11. The molecule has 0 aliphatic carbocycles. The summed E-state index contributed by atoms with van der Waals surface area (Å²) in [5, 5.41) is 20.2. The van der Waals surface area contributed by atoms with Gasteiger partial charge in [-0.05, 0) is 24.3 Å². The number of carbonyl (C=O) groups is 1. The first kappa shape index (κ1) is 12.2. The van der Waals surface area contributed by atoms with Crippen LogP contribution >= 0.6 is 11.6 Å². The van der Waals surface area contributed by atoms with Crippen molar-refractivity contribution >= 4 is 23.8 Å².